The summed E-state index contributed by atoms with van der Waals surface area (Å²) in [4.78, 5) is 29.4. The molecule has 1 aromatic rings. The number of ether oxygens (including phenoxy) is 1. The second-order valence-electron chi connectivity index (χ2n) is 6.57. The Balaban J connectivity index is 1.45. The Morgan fingerprint density at radius 1 is 1.00 bits per heavy atom. The normalized spacial score (nSPS) is 18.6. The molecule has 0 unspecified atom stereocenters. The zero-order valence-electron chi connectivity index (χ0n) is 14.9. The molecular formula is C18H26N4O4. The smallest absolute Gasteiger partial charge is 0.341 e. The van der Waals surface area contributed by atoms with Gasteiger partial charge >= 0.3 is 5.97 Å². The highest BCUT2D eigenvalue weighted by atomic mass is 16.5. The Kier molecular flexibility index (Phi) is 6.30. The Morgan fingerprint density at radius 3 is 2.27 bits per heavy atom. The molecule has 8 heteroatoms. The minimum atomic E-state index is -0.990. The summed E-state index contributed by atoms with van der Waals surface area (Å²) in [6.45, 7) is 6.98. The van der Waals surface area contributed by atoms with Gasteiger partial charge < -0.3 is 25.0 Å². The molecule has 2 heterocycles. The SMILES string of the molecule is O=C(O)COc1ccc(N2CCN(C(=O)CN3CCNCC3)CC2)cc1. The first kappa shape index (κ1) is 18.5. The standard InChI is InChI=1S/C18H26N4O4/c23-17(13-20-7-5-19-6-8-20)22-11-9-21(10-12-22)15-1-3-16(4-2-15)26-14-18(24)25/h1-4,19H,5-14H2,(H,24,25). The summed E-state index contributed by atoms with van der Waals surface area (Å²) in [5.41, 5.74) is 1.06. The van der Waals surface area contributed by atoms with Gasteiger partial charge in [0.1, 0.15) is 5.75 Å². The molecular weight excluding hydrogens is 336 g/mol. The molecule has 0 radical (unpaired) electrons. The van der Waals surface area contributed by atoms with Crippen molar-refractivity contribution in [2.75, 3.05) is 70.4 Å². The van der Waals surface area contributed by atoms with E-state index in [-0.39, 0.29) is 12.5 Å². The molecule has 2 aliphatic rings. The molecule has 0 bridgehead atoms. The minimum absolute atomic E-state index is 0.212. The molecule has 3 rings (SSSR count). The van der Waals surface area contributed by atoms with Crippen LogP contribution in [0.2, 0.25) is 0 Å². The zero-order chi connectivity index (χ0) is 18.4. The maximum atomic E-state index is 12.5. The average molecular weight is 362 g/mol. The van der Waals surface area contributed by atoms with E-state index in [9.17, 15) is 9.59 Å². The zero-order valence-corrected chi connectivity index (χ0v) is 14.9. The van der Waals surface area contributed by atoms with E-state index in [1.807, 2.05) is 17.0 Å². The lowest BCUT2D eigenvalue weighted by Crippen LogP contribution is -2.53. The number of rotatable bonds is 6. The van der Waals surface area contributed by atoms with Crippen LogP contribution in [0.25, 0.3) is 0 Å². The number of anilines is 1. The predicted molar refractivity (Wildman–Crippen MR) is 97.7 cm³/mol. The summed E-state index contributed by atoms with van der Waals surface area (Å²) >= 11 is 0. The maximum Gasteiger partial charge on any atom is 0.341 e. The fourth-order valence-electron chi connectivity index (χ4n) is 3.27. The molecule has 8 nitrogen and oxygen atoms in total. The van der Waals surface area contributed by atoms with Crippen molar-refractivity contribution in [1.29, 1.82) is 0 Å². The van der Waals surface area contributed by atoms with Gasteiger partial charge in [0, 0.05) is 58.0 Å². The molecule has 142 valence electrons. The summed E-state index contributed by atoms with van der Waals surface area (Å²) < 4.78 is 5.15. The average Bonchev–Trinajstić information content (AvgIpc) is 2.68. The number of nitrogens with zero attached hydrogens (tertiary/aromatic N) is 3. The van der Waals surface area contributed by atoms with Crippen molar-refractivity contribution in [1.82, 2.24) is 15.1 Å². The fraction of sp³-hybridized carbons (Fsp3) is 0.556. The molecule has 2 aliphatic heterocycles. The van der Waals surface area contributed by atoms with Crippen molar-refractivity contribution in [2.45, 2.75) is 0 Å². The van der Waals surface area contributed by atoms with Crippen LogP contribution in [-0.2, 0) is 9.59 Å². The van der Waals surface area contributed by atoms with E-state index >= 15 is 0 Å². The van der Waals surface area contributed by atoms with Gasteiger partial charge in [-0.1, -0.05) is 0 Å². The van der Waals surface area contributed by atoms with Crippen LogP contribution in [0.5, 0.6) is 5.75 Å². The first-order chi connectivity index (χ1) is 12.6. The number of benzene rings is 1. The molecule has 2 N–H and O–H groups in total. The molecule has 0 spiro atoms. The highest BCUT2D eigenvalue weighted by molar-refractivity contribution is 5.78. The molecule has 26 heavy (non-hydrogen) atoms. The highest BCUT2D eigenvalue weighted by Gasteiger charge is 2.23. The van der Waals surface area contributed by atoms with Gasteiger partial charge in [-0.3, -0.25) is 9.69 Å². The molecule has 0 aliphatic carbocycles. The second kappa shape index (κ2) is 8.86. The molecule has 0 aromatic heterocycles. The van der Waals surface area contributed by atoms with Crippen molar-refractivity contribution in [2.24, 2.45) is 0 Å². The number of piperazine rings is 2. The number of carbonyl (C=O) groups excluding carboxylic acids is 1. The lowest BCUT2D eigenvalue weighted by atomic mass is 10.2. The monoisotopic (exact) mass is 362 g/mol. The van der Waals surface area contributed by atoms with Crippen molar-refractivity contribution >= 4 is 17.6 Å². The summed E-state index contributed by atoms with van der Waals surface area (Å²) in [7, 11) is 0. The molecule has 0 saturated carbocycles. The maximum absolute atomic E-state index is 12.5. The van der Waals surface area contributed by atoms with E-state index in [1.54, 1.807) is 12.1 Å². The van der Waals surface area contributed by atoms with Gasteiger partial charge in [-0.25, -0.2) is 4.79 Å². The van der Waals surface area contributed by atoms with Crippen LogP contribution in [0.3, 0.4) is 0 Å². The first-order valence-electron chi connectivity index (χ1n) is 9.02. The van der Waals surface area contributed by atoms with E-state index in [0.717, 1.165) is 58.0 Å². The summed E-state index contributed by atoms with van der Waals surface area (Å²) in [5, 5.41) is 11.9. The van der Waals surface area contributed by atoms with Crippen molar-refractivity contribution in [3.8, 4) is 5.75 Å². The van der Waals surface area contributed by atoms with Crippen LogP contribution in [-0.4, -0.2) is 92.3 Å². The van der Waals surface area contributed by atoms with Gasteiger partial charge in [0.25, 0.3) is 0 Å². The van der Waals surface area contributed by atoms with Gasteiger partial charge in [0.05, 0.1) is 6.54 Å². The van der Waals surface area contributed by atoms with Gasteiger partial charge in [0.15, 0.2) is 6.61 Å². The van der Waals surface area contributed by atoms with Gasteiger partial charge in [0.2, 0.25) is 5.91 Å². The minimum Gasteiger partial charge on any atom is -0.482 e. The Morgan fingerprint density at radius 2 is 1.65 bits per heavy atom. The Bertz CT molecular complexity index is 608. The third-order valence-electron chi connectivity index (χ3n) is 4.77. The lowest BCUT2D eigenvalue weighted by molar-refractivity contribution is -0.139. The number of nitrogens with one attached hydrogen (secondary N) is 1. The first-order valence-corrected chi connectivity index (χ1v) is 9.02. The quantitative estimate of drug-likeness (QED) is 0.719. The molecule has 2 fully saturated rings. The highest BCUT2D eigenvalue weighted by Crippen LogP contribution is 2.21. The van der Waals surface area contributed by atoms with Gasteiger partial charge in [-0.2, -0.15) is 0 Å². The number of carboxylic acids is 1. The second-order valence-corrected chi connectivity index (χ2v) is 6.57. The van der Waals surface area contributed by atoms with Crippen LogP contribution < -0.4 is 15.0 Å². The van der Waals surface area contributed by atoms with E-state index < -0.39 is 5.97 Å². The lowest BCUT2D eigenvalue weighted by Gasteiger charge is -2.37. The van der Waals surface area contributed by atoms with Crippen LogP contribution in [0.15, 0.2) is 24.3 Å². The van der Waals surface area contributed by atoms with Crippen molar-refractivity contribution in [3.63, 3.8) is 0 Å². The van der Waals surface area contributed by atoms with E-state index in [2.05, 4.69) is 15.1 Å². The number of carboxylic acid groups (broad SMARTS) is 1. The Labute approximate surface area is 153 Å². The van der Waals surface area contributed by atoms with Crippen LogP contribution in [0, 0.1) is 0 Å². The third-order valence-corrected chi connectivity index (χ3v) is 4.77. The van der Waals surface area contributed by atoms with Crippen LogP contribution in [0.4, 0.5) is 5.69 Å². The number of aliphatic carboxylic acids is 1. The van der Waals surface area contributed by atoms with Gasteiger partial charge in [-0.05, 0) is 24.3 Å². The van der Waals surface area contributed by atoms with Crippen LogP contribution >= 0.6 is 0 Å². The number of hydrogen-bond donors (Lipinski definition) is 2. The molecule has 1 amide bonds. The molecule has 0 atom stereocenters. The predicted octanol–water partition coefficient (Wildman–Crippen LogP) is -0.296. The van der Waals surface area contributed by atoms with Crippen molar-refractivity contribution in [3.05, 3.63) is 24.3 Å². The molecule has 2 saturated heterocycles. The summed E-state index contributed by atoms with van der Waals surface area (Å²) in [5.74, 6) is -0.236. The van der Waals surface area contributed by atoms with Crippen LogP contribution in [0.1, 0.15) is 0 Å². The van der Waals surface area contributed by atoms with E-state index in [0.29, 0.717) is 12.3 Å². The van der Waals surface area contributed by atoms with E-state index in [1.165, 1.54) is 0 Å². The summed E-state index contributed by atoms with van der Waals surface area (Å²) in [6.07, 6.45) is 0. The van der Waals surface area contributed by atoms with Crippen molar-refractivity contribution < 1.29 is 19.4 Å². The topological polar surface area (TPSA) is 85.4 Å². The number of carbonyl (C=O) groups is 2. The fourth-order valence-corrected chi connectivity index (χ4v) is 3.27. The largest absolute Gasteiger partial charge is 0.482 e. The molecule has 1 aromatic carbocycles. The number of hydrogen-bond acceptors (Lipinski definition) is 6. The summed E-state index contributed by atoms with van der Waals surface area (Å²) in [6, 6.07) is 7.41. The van der Waals surface area contributed by atoms with Gasteiger partial charge in [-0.15, -0.1) is 0 Å². The third kappa shape index (κ3) is 5.09. The Hall–Kier alpha value is -2.32. The van der Waals surface area contributed by atoms with E-state index in [4.69, 9.17) is 9.84 Å². The number of amides is 1.